The monoisotopic (exact) mass is 323 g/mol. The fourth-order valence-corrected chi connectivity index (χ4v) is 2.64. The van der Waals surface area contributed by atoms with Crippen molar-refractivity contribution in [3.8, 4) is 5.75 Å². The van der Waals surface area contributed by atoms with Gasteiger partial charge < -0.3 is 9.84 Å². The predicted molar refractivity (Wildman–Crippen MR) is 91.0 cm³/mol. The lowest BCUT2D eigenvalue weighted by Gasteiger charge is -2.15. The van der Waals surface area contributed by atoms with Crippen molar-refractivity contribution in [2.75, 3.05) is 12.0 Å². The van der Waals surface area contributed by atoms with E-state index in [0.717, 1.165) is 16.0 Å². The second-order valence-corrected chi connectivity index (χ2v) is 5.67. The maximum absolute atomic E-state index is 12.7. The van der Waals surface area contributed by atoms with E-state index in [1.165, 1.54) is 7.11 Å². The largest absolute Gasteiger partial charge is 0.502 e. The third-order valence-electron chi connectivity index (χ3n) is 4.19. The van der Waals surface area contributed by atoms with E-state index >= 15 is 0 Å². The molecule has 5 nitrogen and oxygen atoms in total. The van der Waals surface area contributed by atoms with E-state index in [0.29, 0.717) is 17.0 Å². The number of carbonyl (C=O) groups excluding carboxylic acids is 2. The molecule has 0 fully saturated rings. The number of nitrogens with zero attached hydrogens (tertiary/aromatic N) is 1. The summed E-state index contributed by atoms with van der Waals surface area (Å²) in [4.78, 5) is 26.1. The highest BCUT2D eigenvalue weighted by molar-refractivity contribution is 6.44. The van der Waals surface area contributed by atoms with Gasteiger partial charge in [0, 0.05) is 0 Å². The molecule has 2 amide bonds. The van der Waals surface area contributed by atoms with Crippen molar-refractivity contribution in [1.82, 2.24) is 0 Å². The standard InChI is InChI=1S/C19H17NO4/c1-11-4-5-13(10-12(11)2)16-17(21)19(23)20(18(16)22)14-6-8-15(24-3)9-7-14/h4-10,21H,1-3H3. The zero-order valence-electron chi connectivity index (χ0n) is 13.7. The Morgan fingerprint density at radius 1 is 0.917 bits per heavy atom. The molecule has 0 atom stereocenters. The summed E-state index contributed by atoms with van der Waals surface area (Å²) in [6.45, 7) is 3.87. The molecule has 0 spiro atoms. The van der Waals surface area contributed by atoms with Gasteiger partial charge in [-0.3, -0.25) is 9.59 Å². The van der Waals surface area contributed by atoms with E-state index in [2.05, 4.69) is 0 Å². The normalized spacial score (nSPS) is 14.5. The lowest BCUT2D eigenvalue weighted by atomic mass is 10.00. The van der Waals surface area contributed by atoms with E-state index in [1.807, 2.05) is 19.9 Å². The van der Waals surface area contributed by atoms with Gasteiger partial charge in [0.1, 0.15) is 5.75 Å². The quantitative estimate of drug-likeness (QED) is 0.881. The number of benzene rings is 2. The molecule has 0 saturated carbocycles. The van der Waals surface area contributed by atoms with Crippen molar-refractivity contribution in [2.24, 2.45) is 0 Å². The van der Waals surface area contributed by atoms with Crippen molar-refractivity contribution in [2.45, 2.75) is 13.8 Å². The zero-order valence-corrected chi connectivity index (χ0v) is 13.7. The fourth-order valence-electron chi connectivity index (χ4n) is 2.64. The van der Waals surface area contributed by atoms with Gasteiger partial charge in [0.25, 0.3) is 5.91 Å². The number of ether oxygens (including phenoxy) is 1. The minimum atomic E-state index is -0.724. The number of hydrogen-bond acceptors (Lipinski definition) is 4. The summed E-state index contributed by atoms with van der Waals surface area (Å²) in [5, 5.41) is 10.2. The van der Waals surface area contributed by atoms with Crippen LogP contribution < -0.4 is 9.64 Å². The summed E-state index contributed by atoms with van der Waals surface area (Å²) in [6.07, 6.45) is 0. The molecular formula is C19H17NO4. The van der Waals surface area contributed by atoms with Crippen LogP contribution in [0.1, 0.15) is 16.7 Å². The maximum Gasteiger partial charge on any atom is 0.301 e. The Labute approximate surface area is 139 Å². The van der Waals surface area contributed by atoms with Crippen LogP contribution in [0, 0.1) is 13.8 Å². The second kappa shape index (κ2) is 5.85. The molecule has 1 heterocycles. The first-order valence-electron chi connectivity index (χ1n) is 7.47. The number of imide groups is 1. The van der Waals surface area contributed by atoms with Crippen molar-refractivity contribution in [3.63, 3.8) is 0 Å². The van der Waals surface area contributed by atoms with Crippen LogP contribution in [0.25, 0.3) is 5.57 Å². The van der Waals surface area contributed by atoms with Crippen molar-refractivity contribution >= 4 is 23.1 Å². The summed E-state index contributed by atoms with van der Waals surface area (Å²) in [7, 11) is 1.53. The molecule has 1 aliphatic heterocycles. The number of rotatable bonds is 3. The second-order valence-electron chi connectivity index (χ2n) is 5.67. The lowest BCUT2D eigenvalue weighted by Crippen LogP contribution is -2.31. The van der Waals surface area contributed by atoms with Crippen molar-refractivity contribution in [3.05, 3.63) is 64.9 Å². The molecule has 1 N–H and O–H groups in total. The minimum absolute atomic E-state index is 0.0268. The highest BCUT2D eigenvalue weighted by atomic mass is 16.5. The Hall–Kier alpha value is -3.08. The number of aliphatic hydroxyl groups is 1. The summed E-state index contributed by atoms with van der Waals surface area (Å²) in [5.41, 5.74) is 3.00. The molecule has 0 aliphatic carbocycles. The third kappa shape index (κ3) is 2.44. The first-order chi connectivity index (χ1) is 11.4. The summed E-state index contributed by atoms with van der Waals surface area (Å²) in [6, 6.07) is 11.9. The highest BCUT2D eigenvalue weighted by Gasteiger charge is 2.40. The molecule has 0 radical (unpaired) electrons. The van der Waals surface area contributed by atoms with Crippen LogP contribution in [-0.2, 0) is 9.59 Å². The number of aryl methyl sites for hydroxylation is 2. The number of hydrogen-bond donors (Lipinski definition) is 1. The molecule has 2 aromatic rings. The van der Waals surface area contributed by atoms with Crippen LogP contribution in [0.3, 0.4) is 0 Å². The molecule has 0 bridgehead atoms. The van der Waals surface area contributed by atoms with Crippen LogP contribution in [0.4, 0.5) is 5.69 Å². The van der Waals surface area contributed by atoms with Crippen LogP contribution in [0.5, 0.6) is 5.75 Å². The van der Waals surface area contributed by atoms with Crippen LogP contribution in [0.15, 0.2) is 48.2 Å². The van der Waals surface area contributed by atoms with Crippen molar-refractivity contribution in [1.29, 1.82) is 0 Å². The SMILES string of the molecule is COc1ccc(N2C(=O)C(O)=C(c3ccc(C)c(C)c3)C2=O)cc1. The summed E-state index contributed by atoms with van der Waals surface area (Å²) in [5.74, 6) is -1.17. The molecule has 0 saturated heterocycles. The Kier molecular flexibility index (Phi) is 3.85. The van der Waals surface area contributed by atoms with Gasteiger partial charge in [-0.05, 0) is 54.8 Å². The molecule has 1 aliphatic rings. The maximum atomic E-state index is 12.7. The van der Waals surface area contributed by atoms with Gasteiger partial charge in [-0.2, -0.15) is 0 Å². The number of amides is 2. The van der Waals surface area contributed by atoms with Gasteiger partial charge in [0.05, 0.1) is 18.4 Å². The number of methoxy groups -OCH3 is 1. The average molecular weight is 323 g/mol. The third-order valence-corrected chi connectivity index (χ3v) is 4.19. The highest BCUT2D eigenvalue weighted by Crippen LogP contribution is 2.33. The molecule has 24 heavy (non-hydrogen) atoms. The average Bonchev–Trinajstić information content (AvgIpc) is 2.80. The first-order valence-corrected chi connectivity index (χ1v) is 7.47. The van der Waals surface area contributed by atoms with Gasteiger partial charge >= 0.3 is 5.91 Å². The summed E-state index contributed by atoms with van der Waals surface area (Å²) >= 11 is 0. The number of carbonyl (C=O) groups is 2. The molecule has 5 heteroatoms. The summed E-state index contributed by atoms with van der Waals surface area (Å²) < 4.78 is 5.07. The molecule has 122 valence electrons. The van der Waals surface area contributed by atoms with Crippen molar-refractivity contribution < 1.29 is 19.4 Å². The van der Waals surface area contributed by atoms with E-state index in [1.54, 1.807) is 36.4 Å². The van der Waals surface area contributed by atoms with Crippen LogP contribution in [0.2, 0.25) is 0 Å². The Morgan fingerprint density at radius 3 is 2.17 bits per heavy atom. The van der Waals surface area contributed by atoms with E-state index in [-0.39, 0.29) is 5.57 Å². The van der Waals surface area contributed by atoms with E-state index < -0.39 is 17.6 Å². The predicted octanol–water partition coefficient (Wildman–Crippen LogP) is 3.15. The minimum Gasteiger partial charge on any atom is -0.502 e. The van der Waals surface area contributed by atoms with Gasteiger partial charge in [-0.25, -0.2) is 4.90 Å². The zero-order chi connectivity index (χ0) is 17.4. The Morgan fingerprint density at radius 2 is 1.58 bits per heavy atom. The number of aliphatic hydroxyl groups excluding tert-OH is 1. The fraction of sp³-hybridized carbons (Fsp3) is 0.158. The number of anilines is 1. The van der Waals surface area contributed by atoms with Gasteiger partial charge in [-0.15, -0.1) is 0 Å². The molecule has 2 aromatic carbocycles. The lowest BCUT2D eigenvalue weighted by molar-refractivity contribution is -0.121. The Bertz CT molecular complexity index is 865. The van der Waals surface area contributed by atoms with Gasteiger partial charge in [-0.1, -0.05) is 18.2 Å². The van der Waals surface area contributed by atoms with E-state index in [9.17, 15) is 14.7 Å². The molecular weight excluding hydrogens is 306 g/mol. The Balaban J connectivity index is 2.02. The molecule has 3 rings (SSSR count). The van der Waals surface area contributed by atoms with Gasteiger partial charge in [0.15, 0.2) is 5.76 Å². The smallest absolute Gasteiger partial charge is 0.301 e. The molecule has 0 unspecified atom stereocenters. The molecule has 0 aromatic heterocycles. The first kappa shape index (κ1) is 15.8. The van der Waals surface area contributed by atoms with Crippen LogP contribution in [-0.4, -0.2) is 24.0 Å². The van der Waals surface area contributed by atoms with E-state index in [4.69, 9.17) is 4.74 Å². The van der Waals surface area contributed by atoms with Gasteiger partial charge in [0.2, 0.25) is 0 Å². The topological polar surface area (TPSA) is 66.8 Å². The van der Waals surface area contributed by atoms with Crippen LogP contribution >= 0.6 is 0 Å².